The molecule has 0 aliphatic carbocycles. The Morgan fingerprint density at radius 3 is 2.85 bits per heavy atom. The summed E-state index contributed by atoms with van der Waals surface area (Å²) < 4.78 is 14.2. The van der Waals surface area contributed by atoms with E-state index in [1.807, 2.05) is 35.8 Å². The van der Waals surface area contributed by atoms with E-state index in [0.29, 0.717) is 19.0 Å². The first-order valence-corrected chi connectivity index (χ1v) is 8.65. The van der Waals surface area contributed by atoms with Gasteiger partial charge in [0, 0.05) is 25.4 Å². The van der Waals surface area contributed by atoms with E-state index in [2.05, 4.69) is 10.3 Å². The second kappa shape index (κ2) is 6.49. The van der Waals surface area contributed by atoms with Crippen molar-refractivity contribution < 1.29 is 9.47 Å². The molecule has 0 saturated carbocycles. The number of pyridine rings is 1. The fourth-order valence-electron chi connectivity index (χ4n) is 3.44. The number of methoxy groups -OCH3 is 1. The third-order valence-electron chi connectivity index (χ3n) is 4.94. The predicted octanol–water partition coefficient (Wildman–Crippen LogP) is 2.76. The van der Waals surface area contributed by atoms with E-state index >= 15 is 0 Å². The molecule has 7 nitrogen and oxygen atoms in total. The van der Waals surface area contributed by atoms with Gasteiger partial charge in [-0.2, -0.15) is 0 Å². The number of hydrogen-bond acceptors (Lipinski definition) is 5. The molecule has 136 valence electrons. The van der Waals surface area contributed by atoms with Gasteiger partial charge in [0.15, 0.2) is 0 Å². The molecule has 1 N–H and O–H groups in total. The van der Waals surface area contributed by atoms with Crippen LogP contribution in [0.25, 0.3) is 11.0 Å². The van der Waals surface area contributed by atoms with Crippen molar-refractivity contribution in [2.24, 2.45) is 7.05 Å². The Kier molecular flexibility index (Phi) is 4.16. The summed E-state index contributed by atoms with van der Waals surface area (Å²) in [6, 6.07) is 7.84. The summed E-state index contributed by atoms with van der Waals surface area (Å²) in [6.45, 7) is 3.27. The number of rotatable bonds is 4. The van der Waals surface area contributed by atoms with E-state index in [4.69, 9.17) is 9.47 Å². The van der Waals surface area contributed by atoms with Crippen LogP contribution in [0, 0.1) is 6.92 Å². The maximum absolute atomic E-state index is 12.7. The summed E-state index contributed by atoms with van der Waals surface area (Å²) >= 11 is 0. The number of aryl methyl sites for hydroxylation is 2. The molecule has 2 aromatic heterocycles. The lowest BCUT2D eigenvalue weighted by Gasteiger charge is -2.12. The average Bonchev–Trinajstić information content (AvgIpc) is 3.24. The summed E-state index contributed by atoms with van der Waals surface area (Å²) in [4.78, 5) is 17.2. The second-order valence-electron chi connectivity index (χ2n) is 6.59. The van der Waals surface area contributed by atoms with Crippen molar-refractivity contribution in [3.8, 4) is 5.75 Å². The summed E-state index contributed by atoms with van der Waals surface area (Å²) in [5.41, 5.74) is 3.67. The number of benzene rings is 1. The molecule has 7 heteroatoms. The lowest BCUT2D eigenvalue weighted by Crippen LogP contribution is -2.26. The lowest BCUT2D eigenvalue weighted by atomic mass is 10.2. The van der Waals surface area contributed by atoms with E-state index < -0.39 is 0 Å². The number of nitrogens with zero attached hydrogens (tertiary/aromatic N) is 3. The lowest BCUT2D eigenvalue weighted by molar-refractivity contribution is 0.186. The zero-order valence-corrected chi connectivity index (χ0v) is 15.2. The third kappa shape index (κ3) is 2.74. The van der Waals surface area contributed by atoms with Crippen LogP contribution in [-0.2, 0) is 11.8 Å². The molecule has 3 heterocycles. The van der Waals surface area contributed by atoms with Gasteiger partial charge in [-0.05, 0) is 37.1 Å². The Hall–Kier alpha value is -2.80. The van der Waals surface area contributed by atoms with Crippen molar-refractivity contribution in [2.75, 3.05) is 25.6 Å². The van der Waals surface area contributed by atoms with Gasteiger partial charge in [0.1, 0.15) is 11.6 Å². The van der Waals surface area contributed by atoms with Crippen LogP contribution in [0.15, 0.2) is 35.3 Å². The van der Waals surface area contributed by atoms with Crippen LogP contribution in [0.2, 0.25) is 0 Å². The highest BCUT2D eigenvalue weighted by Crippen LogP contribution is 2.27. The van der Waals surface area contributed by atoms with E-state index in [-0.39, 0.29) is 11.7 Å². The fraction of sp³-hybridized carbons (Fsp3) is 0.368. The van der Waals surface area contributed by atoms with Crippen molar-refractivity contribution in [1.29, 1.82) is 0 Å². The molecule has 1 atom stereocenters. The van der Waals surface area contributed by atoms with E-state index in [1.54, 1.807) is 24.9 Å². The molecular formula is C19H22N4O3. The Morgan fingerprint density at radius 1 is 1.31 bits per heavy atom. The van der Waals surface area contributed by atoms with E-state index in [0.717, 1.165) is 34.5 Å². The Morgan fingerprint density at radius 2 is 2.15 bits per heavy atom. The standard InChI is InChI=1S/C19H22N4O3/c1-12-8-14(25-3)4-5-15(12)21-18-9-16-17(10-20-18)22(2)19(24)23(16)13-6-7-26-11-13/h4-5,8-10,13H,6-7,11H2,1-3H3,(H,20,21). The molecule has 4 rings (SSSR count). The maximum atomic E-state index is 12.7. The van der Waals surface area contributed by atoms with Gasteiger partial charge >= 0.3 is 5.69 Å². The molecule has 1 saturated heterocycles. The molecule has 3 aromatic rings. The number of fused-ring (bicyclic) bond motifs is 1. The quantitative estimate of drug-likeness (QED) is 0.780. The molecule has 1 aromatic carbocycles. The number of ether oxygens (including phenoxy) is 2. The normalized spacial score (nSPS) is 17.0. The molecule has 0 amide bonds. The number of hydrogen-bond donors (Lipinski definition) is 1. The highest BCUT2D eigenvalue weighted by molar-refractivity contribution is 5.79. The Balaban J connectivity index is 1.75. The smallest absolute Gasteiger partial charge is 0.329 e. The molecule has 1 aliphatic rings. The highest BCUT2D eigenvalue weighted by atomic mass is 16.5. The molecule has 0 bridgehead atoms. The van der Waals surface area contributed by atoms with Crippen LogP contribution in [-0.4, -0.2) is 34.4 Å². The molecule has 1 aliphatic heterocycles. The van der Waals surface area contributed by atoms with Gasteiger partial charge in [0.2, 0.25) is 0 Å². The Bertz CT molecular complexity index is 1020. The zero-order valence-electron chi connectivity index (χ0n) is 15.2. The first kappa shape index (κ1) is 16.7. The first-order valence-electron chi connectivity index (χ1n) is 8.65. The van der Waals surface area contributed by atoms with Crippen molar-refractivity contribution in [3.05, 3.63) is 46.5 Å². The minimum Gasteiger partial charge on any atom is -0.497 e. The summed E-state index contributed by atoms with van der Waals surface area (Å²) in [5, 5.41) is 3.34. The minimum absolute atomic E-state index is 0.0323. The number of anilines is 2. The minimum atomic E-state index is -0.0323. The summed E-state index contributed by atoms with van der Waals surface area (Å²) in [6.07, 6.45) is 2.59. The summed E-state index contributed by atoms with van der Waals surface area (Å²) in [5.74, 6) is 1.51. The largest absolute Gasteiger partial charge is 0.497 e. The van der Waals surface area contributed by atoms with Gasteiger partial charge in [-0.1, -0.05) is 0 Å². The maximum Gasteiger partial charge on any atom is 0.329 e. The van der Waals surface area contributed by atoms with Gasteiger partial charge < -0.3 is 14.8 Å². The number of aromatic nitrogens is 3. The second-order valence-corrected chi connectivity index (χ2v) is 6.59. The van der Waals surface area contributed by atoms with Crippen LogP contribution in [0.1, 0.15) is 18.0 Å². The monoisotopic (exact) mass is 354 g/mol. The molecule has 1 fully saturated rings. The van der Waals surface area contributed by atoms with Crippen molar-refractivity contribution >= 4 is 22.5 Å². The van der Waals surface area contributed by atoms with E-state index in [9.17, 15) is 4.79 Å². The van der Waals surface area contributed by atoms with Crippen LogP contribution < -0.4 is 15.7 Å². The first-order chi connectivity index (χ1) is 12.6. The van der Waals surface area contributed by atoms with Gasteiger partial charge in [0.25, 0.3) is 0 Å². The zero-order chi connectivity index (χ0) is 18.3. The Labute approximate surface area is 151 Å². The van der Waals surface area contributed by atoms with Crippen molar-refractivity contribution in [3.63, 3.8) is 0 Å². The molecule has 1 unspecified atom stereocenters. The van der Waals surface area contributed by atoms with Gasteiger partial charge in [-0.15, -0.1) is 0 Å². The van der Waals surface area contributed by atoms with Crippen molar-refractivity contribution in [1.82, 2.24) is 14.1 Å². The molecular weight excluding hydrogens is 332 g/mol. The third-order valence-corrected chi connectivity index (χ3v) is 4.94. The van der Waals surface area contributed by atoms with Crippen LogP contribution in [0.3, 0.4) is 0 Å². The average molecular weight is 354 g/mol. The predicted molar refractivity (Wildman–Crippen MR) is 100 cm³/mol. The summed E-state index contributed by atoms with van der Waals surface area (Å²) in [7, 11) is 3.43. The van der Waals surface area contributed by atoms with Crippen LogP contribution in [0.4, 0.5) is 11.5 Å². The van der Waals surface area contributed by atoms with Gasteiger partial charge in [0.05, 0.1) is 37.0 Å². The van der Waals surface area contributed by atoms with E-state index in [1.165, 1.54) is 0 Å². The fourth-order valence-corrected chi connectivity index (χ4v) is 3.44. The van der Waals surface area contributed by atoms with Crippen LogP contribution >= 0.6 is 0 Å². The van der Waals surface area contributed by atoms with Gasteiger partial charge in [-0.25, -0.2) is 9.78 Å². The molecule has 26 heavy (non-hydrogen) atoms. The molecule has 0 spiro atoms. The van der Waals surface area contributed by atoms with Gasteiger partial charge in [-0.3, -0.25) is 9.13 Å². The SMILES string of the molecule is COc1ccc(Nc2cc3c(cn2)n(C)c(=O)n3C2CCOC2)c(C)c1. The number of nitrogens with one attached hydrogen (secondary N) is 1. The molecule has 0 radical (unpaired) electrons. The number of imidazole rings is 1. The van der Waals surface area contributed by atoms with Crippen molar-refractivity contribution in [2.45, 2.75) is 19.4 Å². The van der Waals surface area contributed by atoms with Crippen LogP contribution in [0.5, 0.6) is 5.75 Å². The topological polar surface area (TPSA) is 70.3 Å². The highest BCUT2D eigenvalue weighted by Gasteiger charge is 2.23.